The van der Waals surface area contributed by atoms with E-state index in [0.29, 0.717) is 24.3 Å². The summed E-state index contributed by atoms with van der Waals surface area (Å²) < 4.78 is 0. The quantitative estimate of drug-likeness (QED) is 0.739. The van der Waals surface area contributed by atoms with Gasteiger partial charge >= 0.3 is 6.03 Å². The van der Waals surface area contributed by atoms with Gasteiger partial charge in [0.05, 0.1) is 17.1 Å². The van der Waals surface area contributed by atoms with Crippen molar-refractivity contribution >= 4 is 35.1 Å². The monoisotopic (exact) mass is 407 g/mol. The molecule has 0 radical (unpaired) electrons. The van der Waals surface area contributed by atoms with Crippen molar-refractivity contribution in [3.63, 3.8) is 0 Å². The number of piperazine rings is 1. The van der Waals surface area contributed by atoms with Crippen LogP contribution in [0.1, 0.15) is 24.5 Å². The molecule has 1 atom stereocenters. The number of benzene rings is 2. The van der Waals surface area contributed by atoms with Crippen molar-refractivity contribution in [2.75, 3.05) is 18.0 Å². The van der Waals surface area contributed by atoms with Crippen molar-refractivity contribution in [2.24, 2.45) is 0 Å². The molecule has 7 heteroatoms. The highest BCUT2D eigenvalue weighted by Gasteiger charge is 2.53. The summed E-state index contributed by atoms with van der Waals surface area (Å²) in [6.07, 6.45) is -0.101. The van der Waals surface area contributed by atoms with Crippen LogP contribution >= 0.6 is 11.6 Å². The lowest BCUT2D eigenvalue weighted by Crippen LogP contribution is -2.72. The molecule has 6 nitrogen and oxygen atoms in total. The fourth-order valence-corrected chi connectivity index (χ4v) is 3.86. The predicted molar refractivity (Wildman–Crippen MR) is 109 cm³/mol. The number of anilines is 1. The standard InChI is InChI=1S/C22H18ClN3O3/c1-22-14-19(27)26(21(29)25(22)12-11-24-20(22)28)18-10-9-16(13-17(18)23)8-7-15-5-3-2-4-6-15/h2-6,9-10,13H,11-12,14H2,1H3,(H,24,28)/t22-/m0/s1. The van der Waals surface area contributed by atoms with Crippen molar-refractivity contribution in [3.05, 3.63) is 64.7 Å². The average molecular weight is 408 g/mol. The van der Waals surface area contributed by atoms with E-state index < -0.39 is 17.5 Å². The molecule has 2 aliphatic rings. The molecule has 0 saturated carbocycles. The van der Waals surface area contributed by atoms with Crippen LogP contribution in [0.25, 0.3) is 0 Å². The van der Waals surface area contributed by atoms with E-state index in [0.717, 1.165) is 10.5 Å². The molecule has 2 aliphatic heterocycles. The molecule has 2 aromatic carbocycles. The number of imide groups is 1. The van der Waals surface area contributed by atoms with Gasteiger partial charge in [-0.3, -0.25) is 9.59 Å². The second kappa shape index (κ2) is 7.26. The van der Waals surface area contributed by atoms with E-state index in [1.807, 2.05) is 30.3 Å². The van der Waals surface area contributed by atoms with E-state index in [1.54, 1.807) is 25.1 Å². The summed E-state index contributed by atoms with van der Waals surface area (Å²) >= 11 is 6.40. The zero-order valence-corrected chi connectivity index (χ0v) is 16.5. The largest absolute Gasteiger partial charge is 0.352 e. The molecule has 4 rings (SSSR count). The minimum atomic E-state index is -1.17. The Bertz CT molecular complexity index is 1070. The lowest BCUT2D eigenvalue weighted by molar-refractivity contribution is -0.140. The van der Waals surface area contributed by atoms with Gasteiger partial charge < -0.3 is 10.2 Å². The number of amides is 4. The fourth-order valence-electron chi connectivity index (χ4n) is 3.59. The summed E-state index contributed by atoms with van der Waals surface area (Å²) in [5.41, 5.74) is 0.662. The molecule has 0 spiro atoms. The Labute approximate surface area is 173 Å². The van der Waals surface area contributed by atoms with Crippen molar-refractivity contribution in [2.45, 2.75) is 18.9 Å². The number of nitrogens with zero attached hydrogens (tertiary/aromatic N) is 2. The second-order valence-electron chi connectivity index (χ2n) is 7.15. The molecule has 2 saturated heterocycles. The number of carbonyl (C=O) groups is 3. The number of hydrogen-bond donors (Lipinski definition) is 1. The normalized spacial score (nSPS) is 21.2. The van der Waals surface area contributed by atoms with Gasteiger partial charge in [0.25, 0.3) is 0 Å². The van der Waals surface area contributed by atoms with Crippen LogP contribution in [0.4, 0.5) is 10.5 Å². The van der Waals surface area contributed by atoms with Crippen LogP contribution < -0.4 is 10.2 Å². The molecule has 2 aromatic rings. The Kier molecular flexibility index (Phi) is 4.77. The Morgan fingerprint density at radius 1 is 1.03 bits per heavy atom. The number of hydrogen-bond acceptors (Lipinski definition) is 3. The number of nitrogens with one attached hydrogen (secondary N) is 1. The first-order chi connectivity index (χ1) is 13.9. The highest BCUT2D eigenvalue weighted by atomic mass is 35.5. The summed E-state index contributed by atoms with van der Waals surface area (Å²) in [6, 6.07) is 14.0. The van der Waals surface area contributed by atoms with Crippen molar-refractivity contribution < 1.29 is 14.4 Å². The molecule has 4 amide bonds. The van der Waals surface area contributed by atoms with Crippen LogP contribution in [0.15, 0.2) is 48.5 Å². The highest BCUT2D eigenvalue weighted by molar-refractivity contribution is 6.35. The first-order valence-corrected chi connectivity index (χ1v) is 9.57. The Balaban J connectivity index is 1.63. The van der Waals surface area contributed by atoms with Gasteiger partial charge in [0.2, 0.25) is 11.8 Å². The zero-order valence-electron chi connectivity index (χ0n) is 15.7. The van der Waals surface area contributed by atoms with E-state index in [1.165, 1.54) is 4.90 Å². The maximum absolute atomic E-state index is 13.0. The number of carbonyl (C=O) groups excluding carboxylic acids is 3. The van der Waals surface area contributed by atoms with Gasteiger partial charge in [-0.05, 0) is 37.3 Å². The molecule has 2 fully saturated rings. The molecule has 29 heavy (non-hydrogen) atoms. The minimum absolute atomic E-state index is 0.101. The van der Waals surface area contributed by atoms with Crippen molar-refractivity contribution in [1.29, 1.82) is 0 Å². The summed E-state index contributed by atoms with van der Waals surface area (Å²) in [5, 5.41) is 2.97. The molecule has 146 valence electrons. The number of halogens is 1. The van der Waals surface area contributed by atoms with Gasteiger partial charge in [-0.25, -0.2) is 9.69 Å². The maximum atomic E-state index is 13.0. The van der Waals surface area contributed by atoms with E-state index in [4.69, 9.17) is 11.6 Å². The summed E-state index contributed by atoms with van der Waals surface area (Å²) in [6.45, 7) is 2.30. The average Bonchev–Trinajstić information content (AvgIpc) is 2.70. The van der Waals surface area contributed by atoms with Crippen LogP contribution in [-0.4, -0.2) is 41.4 Å². The van der Waals surface area contributed by atoms with Gasteiger partial charge in [-0.15, -0.1) is 0 Å². The molecular weight excluding hydrogens is 390 g/mol. The highest BCUT2D eigenvalue weighted by Crippen LogP contribution is 2.35. The van der Waals surface area contributed by atoms with Gasteiger partial charge in [0.15, 0.2) is 0 Å². The molecule has 2 heterocycles. The van der Waals surface area contributed by atoms with Crippen LogP contribution in [0, 0.1) is 11.8 Å². The first kappa shape index (κ1) is 19.0. The van der Waals surface area contributed by atoms with E-state index in [2.05, 4.69) is 17.2 Å². The second-order valence-corrected chi connectivity index (χ2v) is 7.56. The van der Waals surface area contributed by atoms with E-state index in [9.17, 15) is 14.4 Å². The summed E-state index contributed by atoms with van der Waals surface area (Å²) in [7, 11) is 0. The van der Waals surface area contributed by atoms with Crippen LogP contribution in [0.5, 0.6) is 0 Å². The molecule has 0 aliphatic carbocycles. The van der Waals surface area contributed by atoms with Gasteiger partial charge in [0, 0.05) is 24.2 Å². The summed E-state index contributed by atoms with van der Waals surface area (Å²) in [5.74, 6) is 5.29. The SMILES string of the molecule is C[C@@]12CC(=O)N(c3ccc(C#Cc4ccccc4)cc3Cl)C(=O)N1CCNC2=O. The molecule has 1 N–H and O–H groups in total. The third kappa shape index (κ3) is 3.34. The number of urea groups is 1. The third-order valence-electron chi connectivity index (χ3n) is 5.19. The first-order valence-electron chi connectivity index (χ1n) is 9.19. The molecule has 0 unspecified atom stereocenters. The van der Waals surface area contributed by atoms with E-state index in [-0.39, 0.29) is 17.4 Å². The van der Waals surface area contributed by atoms with Gasteiger partial charge in [-0.2, -0.15) is 0 Å². The lowest BCUT2D eigenvalue weighted by atomic mass is 9.89. The molecular formula is C22H18ClN3O3. The van der Waals surface area contributed by atoms with Crippen LogP contribution in [0.2, 0.25) is 5.02 Å². The summed E-state index contributed by atoms with van der Waals surface area (Å²) in [4.78, 5) is 40.6. The predicted octanol–water partition coefficient (Wildman–Crippen LogP) is 2.79. The lowest BCUT2D eigenvalue weighted by Gasteiger charge is -2.48. The third-order valence-corrected chi connectivity index (χ3v) is 5.49. The fraction of sp³-hybridized carbons (Fsp3) is 0.227. The molecule has 0 aromatic heterocycles. The van der Waals surface area contributed by atoms with Gasteiger partial charge in [-0.1, -0.05) is 41.6 Å². The van der Waals surface area contributed by atoms with E-state index >= 15 is 0 Å². The number of rotatable bonds is 1. The Hall–Kier alpha value is -3.30. The van der Waals surface area contributed by atoms with Crippen molar-refractivity contribution in [3.8, 4) is 11.8 Å². The van der Waals surface area contributed by atoms with Crippen LogP contribution in [-0.2, 0) is 9.59 Å². The van der Waals surface area contributed by atoms with Gasteiger partial charge in [0.1, 0.15) is 5.54 Å². The Morgan fingerprint density at radius 3 is 2.48 bits per heavy atom. The topological polar surface area (TPSA) is 69.7 Å². The number of fused-ring (bicyclic) bond motifs is 1. The molecule has 0 bridgehead atoms. The van der Waals surface area contributed by atoms with Crippen LogP contribution in [0.3, 0.4) is 0 Å². The van der Waals surface area contributed by atoms with Crippen molar-refractivity contribution in [1.82, 2.24) is 10.2 Å². The maximum Gasteiger partial charge on any atom is 0.332 e. The smallest absolute Gasteiger partial charge is 0.332 e. The zero-order chi connectivity index (χ0) is 20.6. The minimum Gasteiger partial charge on any atom is -0.352 e. The Morgan fingerprint density at radius 2 is 1.76 bits per heavy atom.